The highest BCUT2D eigenvalue weighted by atomic mass is 16.5. The summed E-state index contributed by atoms with van der Waals surface area (Å²) in [6.07, 6.45) is 8.85. The van der Waals surface area contributed by atoms with Crippen molar-refractivity contribution in [2.24, 2.45) is 0 Å². The molecule has 0 aliphatic carbocycles. The van der Waals surface area contributed by atoms with Crippen LogP contribution < -0.4 is 4.74 Å². The molecule has 158 valence electrons. The van der Waals surface area contributed by atoms with E-state index < -0.39 is 0 Å². The van der Waals surface area contributed by atoms with Gasteiger partial charge in [0.1, 0.15) is 5.75 Å². The summed E-state index contributed by atoms with van der Waals surface area (Å²) in [5.74, 6) is 0.893. The molecule has 0 bridgehead atoms. The van der Waals surface area contributed by atoms with Crippen LogP contribution in [0.3, 0.4) is 0 Å². The van der Waals surface area contributed by atoms with Crippen molar-refractivity contribution in [3.8, 4) is 5.75 Å². The number of hydrogen-bond donors (Lipinski definition) is 0. The fourth-order valence-corrected chi connectivity index (χ4v) is 3.08. The molecule has 0 saturated carbocycles. The normalized spacial score (nSPS) is 10.2. The topological polar surface area (TPSA) is 18.5 Å². The Morgan fingerprint density at radius 1 is 0.667 bits per heavy atom. The summed E-state index contributed by atoms with van der Waals surface area (Å²) in [6.45, 7) is 1.55. The molecule has 0 heterocycles. The highest BCUT2D eigenvalue weighted by Gasteiger charge is 1.96. The first-order valence-electron chi connectivity index (χ1n) is 11.0. The van der Waals surface area contributed by atoms with Gasteiger partial charge in [0, 0.05) is 6.61 Å². The Bertz CT molecular complexity index is 712. The fraction of sp³-hybridized carbons (Fsp3) is 0.357. The summed E-state index contributed by atoms with van der Waals surface area (Å²) in [7, 11) is 1.69. The maximum Gasteiger partial charge on any atom is 0.118 e. The molecule has 0 amide bonds. The molecule has 2 radical (unpaired) electrons. The predicted molar refractivity (Wildman–Crippen MR) is 125 cm³/mol. The summed E-state index contributed by atoms with van der Waals surface area (Å²) in [6, 6.07) is 32.0. The van der Waals surface area contributed by atoms with Crippen molar-refractivity contribution in [1.29, 1.82) is 0 Å². The Labute approximate surface area is 182 Å². The summed E-state index contributed by atoms with van der Waals surface area (Å²) in [5, 5.41) is 0. The molecule has 2 nitrogen and oxygen atoms in total. The van der Waals surface area contributed by atoms with Crippen LogP contribution in [-0.4, -0.2) is 13.7 Å². The minimum absolute atomic E-state index is 0.693. The van der Waals surface area contributed by atoms with Gasteiger partial charge in [-0.15, -0.1) is 0 Å². The monoisotopic (exact) mass is 402 g/mol. The average molecular weight is 403 g/mol. The minimum Gasteiger partial charge on any atom is -0.497 e. The van der Waals surface area contributed by atoms with Gasteiger partial charge >= 0.3 is 0 Å². The molecule has 0 unspecified atom stereocenters. The second-order valence-electron chi connectivity index (χ2n) is 7.26. The molecule has 0 atom stereocenters. The van der Waals surface area contributed by atoms with Crippen molar-refractivity contribution in [2.45, 2.75) is 51.6 Å². The Kier molecular flexibility index (Phi) is 12.8. The van der Waals surface area contributed by atoms with E-state index in [-0.39, 0.29) is 0 Å². The van der Waals surface area contributed by atoms with Gasteiger partial charge in [0.05, 0.1) is 13.7 Å². The van der Waals surface area contributed by atoms with Crippen LogP contribution in [-0.2, 0) is 17.8 Å². The second kappa shape index (κ2) is 16.2. The zero-order chi connectivity index (χ0) is 21.1. The lowest BCUT2D eigenvalue weighted by atomic mass is 10.1. The van der Waals surface area contributed by atoms with Gasteiger partial charge in [-0.05, 0) is 54.7 Å². The summed E-state index contributed by atoms with van der Waals surface area (Å²) in [4.78, 5) is 0. The molecule has 0 aliphatic rings. The summed E-state index contributed by atoms with van der Waals surface area (Å²) < 4.78 is 10.9. The molecule has 0 fully saturated rings. The van der Waals surface area contributed by atoms with E-state index in [1.54, 1.807) is 7.11 Å². The van der Waals surface area contributed by atoms with Crippen LogP contribution >= 0.6 is 0 Å². The van der Waals surface area contributed by atoms with Gasteiger partial charge in [0.25, 0.3) is 0 Å². The number of methoxy groups -OCH3 is 1. The Morgan fingerprint density at radius 3 is 1.97 bits per heavy atom. The highest BCUT2D eigenvalue weighted by molar-refractivity contribution is 5.26. The molecule has 3 rings (SSSR count). The Morgan fingerprint density at radius 2 is 1.37 bits per heavy atom. The van der Waals surface area contributed by atoms with Crippen LogP contribution in [0.15, 0.2) is 78.9 Å². The molecular formula is C28H34O2. The minimum atomic E-state index is 0.693. The van der Waals surface area contributed by atoms with Crippen LogP contribution in [0.5, 0.6) is 5.75 Å². The molecule has 0 aliphatic heterocycles. The van der Waals surface area contributed by atoms with Crippen molar-refractivity contribution in [3.05, 3.63) is 102 Å². The van der Waals surface area contributed by atoms with Gasteiger partial charge in [-0.2, -0.15) is 0 Å². The molecule has 30 heavy (non-hydrogen) atoms. The van der Waals surface area contributed by atoms with E-state index in [1.165, 1.54) is 49.7 Å². The molecular weight excluding hydrogens is 368 g/mol. The Hall–Kier alpha value is -2.58. The summed E-state index contributed by atoms with van der Waals surface area (Å²) >= 11 is 0. The van der Waals surface area contributed by atoms with Crippen molar-refractivity contribution in [3.63, 3.8) is 0 Å². The molecule has 2 heteroatoms. The lowest BCUT2D eigenvalue weighted by Gasteiger charge is -2.06. The standard InChI is InChI=1S/C22H29O2.C6H5/c1-23-22-16-14-21(15-17-22)19-24-18-10-5-3-2-4-7-11-20-12-8-6-9-13-20;1-2-4-6-5-3-1/h6,8,12-17H,2-5,7,10-11,18-19H2,1H3;1-5H. The van der Waals surface area contributed by atoms with Gasteiger partial charge in [-0.25, -0.2) is 0 Å². The molecule has 0 saturated heterocycles. The van der Waals surface area contributed by atoms with E-state index in [9.17, 15) is 0 Å². The van der Waals surface area contributed by atoms with Crippen LogP contribution in [0.1, 0.15) is 49.7 Å². The fourth-order valence-electron chi connectivity index (χ4n) is 3.08. The number of hydrogen-bond acceptors (Lipinski definition) is 2. The lowest BCUT2D eigenvalue weighted by Crippen LogP contribution is -1.96. The van der Waals surface area contributed by atoms with Crippen LogP contribution in [0.2, 0.25) is 0 Å². The van der Waals surface area contributed by atoms with Gasteiger partial charge < -0.3 is 9.47 Å². The number of ether oxygens (including phenoxy) is 2. The van der Waals surface area contributed by atoms with E-state index in [2.05, 4.69) is 42.5 Å². The SMILES string of the molecule is COc1ccc(COCCCCCCCCc2c[c]ccc2)cc1.[c]1ccccc1. The first-order chi connectivity index (χ1) is 14.9. The number of rotatable bonds is 12. The van der Waals surface area contributed by atoms with Crippen molar-refractivity contribution in [2.75, 3.05) is 13.7 Å². The molecule has 3 aromatic rings. The zero-order valence-electron chi connectivity index (χ0n) is 18.2. The smallest absolute Gasteiger partial charge is 0.118 e. The third-order valence-corrected chi connectivity index (χ3v) is 4.81. The number of aryl methyl sites for hydroxylation is 1. The molecule has 0 N–H and O–H groups in total. The van der Waals surface area contributed by atoms with E-state index in [4.69, 9.17) is 9.47 Å². The zero-order valence-corrected chi connectivity index (χ0v) is 18.2. The van der Waals surface area contributed by atoms with Crippen molar-refractivity contribution < 1.29 is 9.47 Å². The molecule has 0 spiro atoms. The quantitative estimate of drug-likeness (QED) is 0.301. The molecule has 0 aromatic heterocycles. The number of benzene rings is 3. The summed E-state index contributed by atoms with van der Waals surface area (Å²) in [5.41, 5.74) is 2.61. The second-order valence-corrected chi connectivity index (χ2v) is 7.26. The van der Waals surface area contributed by atoms with Gasteiger partial charge in [-0.3, -0.25) is 0 Å². The van der Waals surface area contributed by atoms with E-state index in [1.807, 2.05) is 48.5 Å². The van der Waals surface area contributed by atoms with Gasteiger partial charge in [0.2, 0.25) is 0 Å². The number of unbranched alkanes of at least 4 members (excludes halogenated alkanes) is 5. The van der Waals surface area contributed by atoms with Crippen LogP contribution in [0.4, 0.5) is 0 Å². The lowest BCUT2D eigenvalue weighted by molar-refractivity contribution is 0.116. The first-order valence-corrected chi connectivity index (χ1v) is 11.0. The van der Waals surface area contributed by atoms with Crippen molar-refractivity contribution in [1.82, 2.24) is 0 Å². The average Bonchev–Trinajstić information content (AvgIpc) is 2.83. The van der Waals surface area contributed by atoms with E-state index in [0.717, 1.165) is 18.8 Å². The van der Waals surface area contributed by atoms with E-state index in [0.29, 0.717) is 6.61 Å². The largest absolute Gasteiger partial charge is 0.497 e. The van der Waals surface area contributed by atoms with Gasteiger partial charge in [0.15, 0.2) is 0 Å². The first kappa shape index (κ1) is 23.7. The maximum absolute atomic E-state index is 5.73. The molecule has 3 aromatic carbocycles. The van der Waals surface area contributed by atoms with Crippen LogP contribution in [0, 0.1) is 12.1 Å². The third kappa shape index (κ3) is 11.4. The maximum atomic E-state index is 5.73. The predicted octanol–water partition coefficient (Wildman–Crippen LogP) is 7.08. The van der Waals surface area contributed by atoms with Crippen molar-refractivity contribution >= 4 is 0 Å². The Balaban J connectivity index is 0.000000456. The van der Waals surface area contributed by atoms with E-state index >= 15 is 0 Å². The highest BCUT2D eigenvalue weighted by Crippen LogP contribution is 2.13. The third-order valence-electron chi connectivity index (χ3n) is 4.81. The van der Waals surface area contributed by atoms with Crippen LogP contribution in [0.25, 0.3) is 0 Å². The van der Waals surface area contributed by atoms with Gasteiger partial charge in [-0.1, -0.05) is 92.4 Å².